The van der Waals surface area contributed by atoms with Gasteiger partial charge in [-0.2, -0.15) is 18.3 Å². The maximum Gasteiger partial charge on any atom is 0.435 e. The molecule has 1 heterocycles. The number of non-ortho nitro benzene ring substituents is 1. The highest BCUT2D eigenvalue weighted by atomic mass is 32.2. The first kappa shape index (κ1) is 19.5. The van der Waals surface area contributed by atoms with Crippen LogP contribution in [0.25, 0.3) is 16.9 Å². The molecule has 0 aliphatic carbocycles. The summed E-state index contributed by atoms with van der Waals surface area (Å²) in [5.74, 6) is 0. The molecule has 1 aromatic heterocycles. The van der Waals surface area contributed by atoms with Crippen LogP contribution in [0.15, 0.2) is 59.5 Å². The number of rotatable bonds is 4. The van der Waals surface area contributed by atoms with E-state index in [1.807, 2.05) is 0 Å². The molecule has 0 aliphatic rings. The average Bonchev–Trinajstić information content (AvgIpc) is 3.07. The summed E-state index contributed by atoms with van der Waals surface area (Å²) in [4.78, 5) is 10.2. The Morgan fingerprint density at radius 3 is 2.07 bits per heavy atom. The van der Waals surface area contributed by atoms with Crippen molar-refractivity contribution in [1.29, 1.82) is 0 Å². The van der Waals surface area contributed by atoms with Gasteiger partial charge < -0.3 is 0 Å². The van der Waals surface area contributed by atoms with Crippen LogP contribution in [0.2, 0.25) is 0 Å². The second-order valence-electron chi connectivity index (χ2n) is 5.89. The molecule has 0 amide bonds. The lowest BCUT2D eigenvalue weighted by molar-refractivity contribution is -0.384. The molecular formula is C17H12F3N3O4S. The highest BCUT2D eigenvalue weighted by Crippen LogP contribution is 2.33. The zero-order chi connectivity index (χ0) is 20.7. The minimum absolute atomic E-state index is 0.0105. The minimum Gasteiger partial charge on any atom is -0.258 e. The molecule has 0 saturated carbocycles. The first-order valence-electron chi connectivity index (χ1n) is 7.69. The number of nitro benzene ring substituents is 1. The van der Waals surface area contributed by atoms with Crippen LogP contribution in [0.5, 0.6) is 0 Å². The fourth-order valence-electron chi connectivity index (χ4n) is 2.51. The Labute approximate surface area is 157 Å². The van der Waals surface area contributed by atoms with Crippen LogP contribution >= 0.6 is 0 Å². The number of benzene rings is 2. The van der Waals surface area contributed by atoms with E-state index < -0.39 is 26.6 Å². The first-order valence-corrected chi connectivity index (χ1v) is 9.58. The summed E-state index contributed by atoms with van der Waals surface area (Å²) < 4.78 is 63.6. The molecule has 11 heteroatoms. The fourth-order valence-corrected chi connectivity index (χ4v) is 3.14. The molecule has 2 aromatic carbocycles. The Balaban J connectivity index is 2.14. The van der Waals surface area contributed by atoms with Gasteiger partial charge in [-0.1, -0.05) is 0 Å². The van der Waals surface area contributed by atoms with E-state index in [0.717, 1.165) is 17.0 Å². The first-order chi connectivity index (χ1) is 13.0. The average molecular weight is 411 g/mol. The Bertz CT molecular complexity index is 1140. The van der Waals surface area contributed by atoms with Gasteiger partial charge in [0.1, 0.15) is 0 Å². The van der Waals surface area contributed by atoms with Crippen molar-refractivity contribution in [2.75, 3.05) is 6.26 Å². The SMILES string of the molecule is CS(=O)(=O)c1ccc(-n2nc(C(F)(F)F)cc2-c2ccc([N+](=O)[O-])cc2)cc1. The third-order valence-electron chi connectivity index (χ3n) is 3.88. The van der Waals surface area contributed by atoms with Gasteiger partial charge in [-0.15, -0.1) is 0 Å². The van der Waals surface area contributed by atoms with Crippen LogP contribution in [-0.4, -0.2) is 29.4 Å². The summed E-state index contributed by atoms with van der Waals surface area (Å²) >= 11 is 0. The van der Waals surface area contributed by atoms with Crippen LogP contribution in [0.3, 0.4) is 0 Å². The summed E-state index contributed by atoms with van der Waals surface area (Å²) in [7, 11) is -3.47. The molecule has 3 rings (SSSR count). The van der Waals surface area contributed by atoms with Gasteiger partial charge in [0.15, 0.2) is 15.5 Å². The predicted octanol–water partition coefficient (Wildman–Crippen LogP) is 3.87. The van der Waals surface area contributed by atoms with Crippen molar-refractivity contribution >= 4 is 15.5 Å². The topological polar surface area (TPSA) is 95.1 Å². The number of aromatic nitrogens is 2. The maximum atomic E-state index is 13.2. The standard InChI is InChI=1S/C17H12F3N3O4S/c1-28(26,27)14-8-6-12(7-9-14)22-15(10-16(21-22)17(18,19)20)11-2-4-13(5-3-11)23(24)25/h2-10H,1H3. The molecule has 0 radical (unpaired) electrons. The van der Waals surface area contributed by atoms with Crippen molar-refractivity contribution in [2.45, 2.75) is 11.1 Å². The number of hydrogen-bond donors (Lipinski definition) is 0. The Morgan fingerprint density at radius 2 is 1.61 bits per heavy atom. The van der Waals surface area contributed by atoms with Gasteiger partial charge in [-0.25, -0.2) is 13.1 Å². The fraction of sp³-hybridized carbons (Fsp3) is 0.118. The second kappa shape index (κ2) is 6.75. The minimum atomic E-state index is -4.70. The normalized spacial score (nSPS) is 12.1. The number of hydrogen-bond acceptors (Lipinski definition) is 5. The van der Waals surface area contributed by atoms with E-state index in [4.69, 9.17) is 0 Å². The molecule has 0 spiro atoms. The lowest BCUT2D eigenvalue weighted by atomic mass is 10.1. The number of nitro groups is 1. The zero-order valence-corrected chi connectivity index (χ0v) is 15.0. The van der Waals surface area contributed by atoms with Crippen molar-refractivity contribution in [3.63, 3.8) is 0 Å². The second-order valence-corrected chi connectivity index (χ2v) is 7.91. The maximum absolute atomic E-state index is 13.2. The van der Waals surface area contributed by atoms with E-state index in [1.54, 1.807) is 0 Å². The van der Waals surface area contributed by atoms with Gasteiger partial charge in [-0.3, -0.25) is 10.1 Å². The molecule has 0 unspecified atom stereocenters. The molecule has 7 nitrogen and oxygen atoms in total. The number of nitrogens with zero attached hydrogens (tertiary/aromatic N) is 3. The van der Waals surface area contributed by atoms with E-state index in [9.17, 15) is 31.7 Å². The van der Waals surface area contributed by atoms with E-state index in [0.29, 0.717) is 0 Å². The lowest BCUT2D eigenvalue weighted by Crippen LogP contribution is -2.07. The Kier molecular flexibility index (Phi) is 4.71. The molecule has 0 saturated heterocycles. The molecule has 0 aliphatic heterocycles. The highest BCUT2D eigenvalue weighted by Gasteiger charge is 2.35. The summed E-state index contributed by atoms with van der Waals surface area (Å²) in [6.45, 7) is 0. The molecular weight excluding hydrogens is 399 g/mol. The molecule has 3 aromatic rings. The van der Waals surface area contributed by atoms with Crippen molar-refractivity contribution in [3.8, 4) is 16.9 Å². The number of halogens is 3. The monoisotopic (exact) mass is 411 g/mol. The van der Waals surface area contributed by atoms with E-state index in [1.165, 1.54) is 48.5 Å². The quantitative estimate of drug-likeness (QED) is 0.480. The molecule has 0 N–H and O–H groups in total. The largest absolute Gasteiger partial charge is 0.435 e. The van der Waals surface area contributed by atoms with Gasteiger partial charge in [0.25, 0.3) is 5.69 Å². The molecule has 0 bridgehead atoms. The van der Waals surface area contributed by atoms with Crippen molar-refractivity contribution in [3.05, 3.63) is 70.4 Å². The summed E-state index contributed by atoms with van der Waals surface area (Å²) in [6.07, 6.45) is -3.69. The van der Waals surface area contributed by atoms with Gasteiger partial charge in [-0.05, 0) is 42.5 Å². The van der Waals surface area contributed by atoms with Crippen LogP contribution in [0, 0.1) is 10.1 Å². The zero-order valence-electron chi connectivity index (χ0n) is 14.2. The summed E-state index contributed by atoms with van der Waals surface area (Å²) in [5.41, 5.74) is -0.817. The predicted molar refractivity (Wildman–Crippen MR) is 93.8 cm³/mol. The molecule has 0 fully saturated rings. The van der Waals surface area contributed by atoms with Gasteiger partial charge in [0, 0.05) is 24.0 Å². The van der Waals surface area contributed by atoms with E-state index in [2.05, 4.69) is 5.10 Å². The van der Waals surface area contributed by atoms with Gasteiger partial charge in [0.2, 0.25) is 0 Å². The molecule has 0 atom stereocenters. The summed E-state index contributed by atoms with van der Waals surface area (Å²) in [6, 6.07) is 11.0. The van der Waals surface area contributed by atoms with Crippen molar-refractivity contribution < 1.29 is 26.5 Å². The summed E-state index contributed by atoms with van der Waals surface area (Å²) in [5, 5.41) is 14.4. The van der Waals surface area contributed by atoms with Crippen molar-refractivity contribution in [1.82, 2.24) is 9.78 Å². The third-order valence-corrected chi connectivity index (χ3v) is 5.01. The van der Waals surface area contributed by atoms with Gasteiger partial charge >= 0.3 is 6.18 Å². The Morgan fingerprint density at radius 1 is 1.04 bits per heavy atom. The molecule has 146 valence electrons. The lowest BCUT2D eigenvalue weighted by Gasteiger charge is -2.08. The Hall–Kier alpha value is -3.21. The van der Waals surface area contributed by atoms with Crippen LogP contribution in [-0.2, 0) is 16.0 Å². The van der Waals surface area contributed by atoms with Crippen molar-refractivity contribution in [2.24, 2.45) is 0 Å². The highest BCUT2D eigenvalue weighted by molar-refractivity contribution is 7.90. The number of alkyl halides is 3. The number of sulfone groups is 1. The van der Waals surface area contributed by atoms with Crippen LogP contribution < -0.4 is 0 Å². The van der Waals surface area contributed by atoms with Crippen LogP contribution in [0.1, 0.15) is 5.69 Å². The van der Waals surface area contributed by atoms with E-state index >= 15 is 0 Å². The van der Waals surface area contributed by atoms with E-state index in [-0.39, 0.29) is 27.5 Å². The molecule has 28 heavy (non-hydrogen) atoms. The van der Waals surface area contributed by atoms with Gasteiger partial charge in [0.05, 0.1) is 21.2 Å². The third kappa shape index (κ3) is 3.88. The van der Waals surface area contributed by atoms with Crippen LogP contribution in [0.4, 0.5) is 18.9 Å². The smallest absolute Gasteiger partial charge is 0.258 e.